The van der Waals surface area contributed by atoms with Gasteiger partial charge in [0.05, 0.1) is 18.2 Å². The summed E-state index contributed by atoms with van der Waals surface area (Å²) in [6.07, 6.45) is 0.491. The van der Waals surface area contributed by atoms with Crippen molar-refractivity contribution < 1.29 is 14.7 Å². The number of aliphatic carboxylic acids is 1. The van der Waals surface area contributed by atoms with Crippen molar-refractivity contribution in [2.24, 2.45) is 5.92 Å². The molecule has 24 heavy (non-hydrogen) atoms. The van der Waals surface area contributed by atoms with Crippen LogP contribution in [0, 0.1) is 12.8 Å². The molecule has 1 saturated heterocycles. The van der Waals surface area contributed by atoms with Gasteiger partial charge in [0, 0.05) is 19.2 Å². The van der Waals surface area contributed by atoms with Crippen LogP contribution in [0.15, 0.2) is 36.4 Å². The largest absolute Gasteiger partial charge is 0.481 e. The molecule has 0 bridgehead atoms. The van der Waals surface area contributed by atoms with Gasteiger partial charge in [0.15, 0.2) is 0 Å². The lowest BCUT2D eigenvalue weighted by atomic mass is 10.1. The van der Waals surface area contributed by atoms with Crippen molar-refractivity contribution in [2.75, 3.05) is 18.4 Å². The predicted molar refractivity (Wildman–Crippen MR) is 88.8 cm³/mol. The number of carboxylic acid groups (broad SMARTS) is 1. The molecule has 1 atom stereocenters. The van der Waals surface area contributed by atoms with Crippen LogP contribution >= 0.6 is 0 Å². The number of nitrogens with one attached hydrogen (secondary N) is 1. The molecule has 1 aromatic carbocycles. The molecule has 126 valence electrons. The molecule has 1 aliphatic heterocycles. The lowest BCUT2D eigenvalue weighted by Crippen LogP contribution is -2.34. The average Bonchev–Trinajstić information content (AvgIpc) is 3.16. The molecular formula is C17H20N4O3. The van der Waals surface area contributed by atoms with Crippen LogP contribution in [-0.2, 0) is 11.3 Å². The Morgan fingerprint density at radius 1 is 1.33 bits per heavy atom. The van der Waals surface area contributed by atoms with E-state index < -0.39 is 11.9 Å². The summed E-state index contributed by atoms with van der Waals surface area (Å²) < 4.78 is 1.74. The Labute approximate surface area is 139 Å². The van der Waals surface area contributed by atoms with Gasteiger partial charge in [-0.2, -0.15) is 5.10 Å². The van der Waals surface area contributed by atoms with Crippen molar-refractivity contribution in [3.05, 3.63) is 47.7 Å². The zero-order valence-electron chi connectivity index (χ0n) is 13.5. The number of nitrogens with zero attached hydrogens (tertiary/aromatic N) is 3. The second kappa shape index (κ2) is 6.74. The number of hydrogen-bond acceptors (Lipinski definition) is 3. The Morgan fingerprint density at radius 2 is 2.08 bits per heavy atom. The number of benzene rings is 1. The zero-order valence-corrected chi connectivity index (χ0v) is 13.5. The van der Waals surface area contributed by atoms with E-state index in [2.05, 4.69) is 10.4 Å². The van der Waals surface area contributed by atoms with Crippen LogP contribution in [0.5, 0.6) is 0 Å². The van der Waals surface area contributed by atoms with Crippen molar-refractivity contribution in [2.45, 2.75) is 19.9 Å². The Morgan fingerprint density at radius 3 is 2.75 bits per heavy atom. The minimum atomic E-state index is -0.852. The summed E-state index contributed by atoms with van der Waals surface area (Å²) in [5.41, 5.74) is 1.90. The van der Waals surface area contributed by atoms with E-state index >= 15 is 0 Å². The molecule has 1 aromatic heterocycles. The first-order chi connectivity index (χ1) is 11.5. The fourth-order valence-electron chi connectivity index (χ4n) is 2.86. The number of carbonyl (C=O) groups excluding carboxylic acids is 1. The molecule has 1 fully saturated rings. The van der Waals surface area contributed by atoms with E-state index in [1.807, 2.05) is 43.3 Å². The minimum absolute atomic E-state index is 0.243. The van der Waals surface area contributed by atoms with Gasteiger partial charge >= 0.3 is 12.0 Å². The van der Waals surface area contributed by atoms with E-state index in [0.29, 0.717) is 25.3 Å². The quantitative estimate of drug-likeness (QED) is 0.900. The maximum absolute atomic E-state index is 12.4. The summed E-state index contributed by atoms with van der Waals surface area (Å²) >= 11 is 0. The van der Waals surface area contributed by atoms with Gasteiger partial charge < -0.3 is 10.0 Å². The molecular weight excluding hydrogens is 308 g/mol. The number of rotatable bonds is 4. The summed E-state index contributed by atoms with van der Waals surface area (Å²) in [7, 11) is 0. The number of likely N-dealkylation sites (tertiary alicyclic amines) is 1. The Balaban J connectivity index is 1.69. The highest BCUT2D eigenvalue weighted by atomic mass is 16.4. The Bertz CT molecular complexity index is 742. The molecule has 3 rings (SSSR count). The molecule has 2 aromatic rings. The standard InChI is InChI=1S/C17H20N4O3/c1-12-9-15(21(19-12)10-13-5-3-2-4-6-13)18-17(24)20-8-7-14(11-20)16(22)23/h2-6,9,14H,7-8,10-11H2,1H3,(H,18,24)(H,22,23). The lowest BCUT2D eigenvalue weighted by Gasteiger charge is -2.17. The molecule has 2 amide bonds. The first-order valence-corrected chi connectivity index (χ1v) is 7.90. The summed E-state index contributed by atoms with van der Waals surface area (Å²) in [6, 6.07) is 11.4. The van der Waals surface area contributed by atoms with Crippen molar-refractivity contribution in [1.29, 1.82) is 0 Å². The maximum Gasteiger partial charge on any atom is 0.323 e. The number of carbonyl (C=O) groups is 2. The van der Waals surface area contributed by atoms with Gasteiger partial charge in [-0.25, -0.2) is 9.48 Å². The van der Waals surface area contributed by atoms with Gasteiger partial charge in [0.1, 0.15) is 5.82 Å². The summed E-state index contributed by atoms with van der Waals surface area (Å²) in [5.74, 6) is -0.720. The summed E-state index contributed by atoms with van der Waals surface area (Å²) in [4.78, 5) is 24.9. The Kier molecular flexibility index (Phi) is 4.50. The third kappa shape index (κ3) is 3.56. The van der Waals surface area contributed by atoms with Gasteiger partial charge in [-0.15, -0.1) is 0 Å². The molecule has 2 N–H and O–H groups in total. The van der Waals surface area contributed by atoms with Crippen LogP contribution in [0.4, 0.5) is 10.6 Å². The first kappa shape index (κ1) is 16.0. The number of hydrogen-bond donors (Lipinski definition) is 2. The molecule has 7 nitrogen and oxygen atoms in total. The highest BCUT2D eigenvalue weighted by Crippen LogP contribution is 2.19. The number of anilines is 1. The third-order valence-electron chi connectivity index (χ3n) is 4.14. The van der Waals surface area contributed by atoms with Gasteiger partial charge in [0.25, 0.3) is 0 Å². The van der Waals surface area contributed by atoms with Gasteiger partial charge in [0.2, 0.25) is 0 Å². The monoisotopic (exact) mass is 328 g/mol. The van der Waals surface area contributed by atoms with E-state index in [9.17, 15) is 9.59 Å². The molecule has 0 spiro atoms. The van der Waals surface area contributed by atoms with Crippen LogP contribution in [0.3, 0.4) is 0 Å². The van der Waals surface area contributed by atoms with Gasteiger partial charge in [-0.3, -0.25) is 10.1 Å². The topological polar surface area (TPSA) is 87.5 Å². The fourth-order valence-corrected chi connectivity index (χ4v) is 2.86. The third-order valence-corrected chi connectivity index (χ3v) is 4.14. The maximum atomic E-state index is 12.4. The molecule has 0 aliphatic carbocycles. The Hall–Kier alpha value is -2.83. The average molecular weight is 328 g/mol. The van der Waals surface area contributed by atoms with Crippen molar-refractivity contribution in [3.63, 3.8) is 0 Å². The molecule has 1 unspecified atom stereocenters. The van der Waals surface area contributed by atoms with Crippen molar-refractivity contribution in [3.8, 4) is 0 Å². The minimum Gasteiger partial charge on any atom is -0.481 e. The van der Waals surface area contributed by atoms with E-state index in [0.717, 1.165) is 11.3 Å². The normalized spacial score (nSPS) is 17.0. The SMILES string of the molecule is Cc1cc(NC(=O)N2CCC(C(=O)O)C2)n(Cc2ccccc2)n1. The number of urea groups is 1. The van der Waals surface area contributed by atoms with E-state index in [1.165, 1.54) is 4.90 Å². The molecule has 0 radical (unpaired) electrons. The van der Waals surface area contributed by atoms with Crippen LogP contribution in [-0.4, -0.2) is 44.9 Å². The lowest BCUT2D eigenvalue weighted by molar-refractivity contribution is -0.141. The number of aryl methyl sites for hydroxylation is 1. The molecule has 7 heteroatoms. The van der Waals surface area contributed by atoms with E-state index in [4.69, 9.17) is 5.11 Å². The molecule has 0 saturated carbocycles. The summed E-state index contributed by atoms with van der Waals surface area (Å²) in [6.45, 7) is 3.12. The van der Waals surface area contributed by atoms with Crippen LogP contribution in [0.1, 0.15) is 17.7 Å². The molecule has 2 heterocycles. The second-order valence-electron chi connectivity index (χ2n) is 6.01. The fraction of sp³-hybridized carbons (Fsp3) is 0.353. The van der Waals surface area contributed by atoms with E-state index in [-0.39, 0.29) is 12.6 Å². The second-order valence-corrected chi connectivity index (χ2v) is 6.01. The first-order valence-electron chi connectivity index (χ1n) is 7.90. The van der Waals surface area contributed by atoms with Crippen LogP contribution < -0.4 is 5.32 Å². The van der Waals surface area contributed by atoms with Gasteiger partial charge in [-0.1, -0.05) is 30.3 Å². The highest BCUT2D eigenvalue weighted by molar-refractivity contribution is 5.89. The zero-order chi connectivity index (χ0) is 17.1. The van der Waals surface area contributed by atoms with Crippen molar-refractivity contribution in [1.82, 2.24) is 14.7 Å². The summed E-state index contributed by atoms with van der Waals surface area (Å²) in [5, 5.41) is 16.3. The number of aromatic nitrogens is 2. The molecule has 1 aliphatic rings. The number of amides is 2. The predicted octanol–water partition coefficient (Wildman–Crippen LogP) is 2.18. The van der Waals surface area contributed by atoms with Crippen LogP contribution in [0.25, 0.3) is 0 Å². The number of carboxylic acids is 1. The highest BCUT2D eigenvalue weighted by Gasteiger charge is 2.31. The smallest absolute Gasteiger partial charge is 0.323 e. The van der Waals surface area contributed by atoms with Crippen LogP contribution in [0.2, 0.25) is 0 Å². The van der Waals surface area contributed by atoms with E-state index in [1.54, 1.807) is 4.68 Å². The van der Waals surface area contributed by atoms with Gasteiger partial charge in [-0.05, 0) is 18.9 Å². The van der Waals surface area contributed by atoms with Crippen molar-refractivity contribution >= 4 is 17.8 Å².